The molecular formula is C14H20ClN3O. The van der Waals surface area contributed by atoms with Gasteiger partial charge in [0.2, 0.25) is 5.91 Å². The van der Waals surface area contributed by atoms with Crippen LogP contribution in [0, 0.1) is 5.41 Å². The number of anilines is 1. The van der Waals surface area contributed by atoms with Crippen molar-refractivity contribution in [3.63, 3.8) is 0 Å². The zero-order chi connectivity index (χ0) is 14.0. The standard InChI is InChI=1S/C14H20ClN3O/c1-14(13(19)17-2)6-7-18(9-14)12-10(8-16)4-3-5-11(12)15/h3-5H,6-9,16H2,1-2H3,(H,17,19). The number of carbonyl (C=O) groups is 1. The van der Waals surface area contributed by atoms with Gasteiger partial charge in [0.15, 0.2) is 0 Å². The SMILES string of the molecule is CNC(=O)C1(C)CCN(c2c(Cl)cccc2CN)C1. The highest BCUT2D eigenvalue weighted by molar-refractivity contribution is 6.33. The second-order valence-electron chi connectivity index (χ2n) is 5.26. The normalized spacial score (nSPS) is 22.6. The van der Waals surface area contributed by atoms with Gasteiger partial charge in [-0.1, -0.05) is 23.7 Å². The molecule has 19 heavy (non-hydrogen) atoms. The summed E-state index contributed by atoms with van der Waals surface area (Å²) in [6.07, 6.45) is 0.821. The predicted octanol–water partition coefficient (Wildman–Crippen LogP) is 1.76. The minimum absolute atomic E-state index is 0.0800. The molecule has 1 aliphatic rings. The van der Waals surface area contributed by atoms with Crippen LogP contribution in [0.2, 0.25) is 5.02 Å². The molecule has 1 fully saturated rings. The number of hydrogen-bond donors (Lipinski definition) is 2. The summed E-state index contributed by atoms with van der Waals surface area (Å²) in [5.74, 6) is 0.0800. The van der Waals surface area contributed by atoms with Crippen LogP contribution in [0.1, 0.15) is 18.9 Å². The molecule has 4 nitrogen and oxygen atoms in total. The Morgan fingerprint density at radius 3 is 2.95 bits per heavy atom. The molecule has 1 aliphatic heterocycles. The third kappa shape index (κ3) is 2.55. The molecule has 0 aliphatic carbocycles. The number of nitrogens with one attached hydrogen (secondary N) is 1. The fourth-order valence-corrected chi connectivity index (χ4v) is 3.03. The zero-order valence-corrected chi connectivity index (χ0v) is 12.1. The van der Waals surface area contributed by atoms with Gasteiger partial charge in [0.25, 0.3) is 0 Å². The monoisotopic (exact) mass is 281 g/mol. The molecule has 1 aromatic rings. The van der Waals surface area contributed by atoms with Crippen molar-refractivity contribution in [2.24, 2.45) is 11.1 Å². The molecule has 1 amide bonds. The fraction of sp³-hybridized carbons (Fsp3) is 0.500. The van der Waals surface area contributed by atoms with Crippen molar-refractivity contribution in [1.29, 1.82) is 0 Å². The molecule has 0 aromatic heterocycles. The summed E-state index contributed by atoms with van der Waals surface area (Å²) in [6.45, 7) is 3.93. The molecule has 104 valence electrons. The van der Waals surface area contributed by atoms with Crippen LogP contribution >= 0.6 is 11.6 Å². The summed E-state index contributed by atoms with van der Waals surface area (Å²) in [6, 6.07) is 5.75. The lowest BCUT2D eigenvalue weighted by molar-refractivity contribution is -0.128. The Hall–Kier alpha value is -1.26. The Morgan fingerprint density at radius 2 is 2.32 bits per heavy atom. The Balaban J connectivity index is 2.29. The van der Waals surface area contributed by atoms with Crippen LogP contribution in [-0.4, -0.2) is 26.0 Å². The number of amides is 1. The minimum atomic E-state index is -0.361. The van der Waals surface area contributed by atoms with E-state index >= 15 is 0 Å². The lowest BCUT2D eigenvalue weighted by Gasteiger charge is -2.26. The highest BCUT2D eigenvalue weighted by Crippen LogP contribution is 2.38. The number of hydrogen-bond acceptors (Lipinski definition) is 3. The van der Waals surface area contributed by atoms with Crippen LogP contribution in [0.5, 0.6) is 0 Å². The van der Waals surface area contributed by atoms with Crippen LogP contribution in [0.3, 0.4) is 0 Å². The van der Waals surface area contributed by atoms with Crippen LogP contribution < -0.4 is 16.0 Å². The molecule has 3 N–H and O–H groups in total. The molecule has 1 heterocycles. The molecule has 2 rings (SSSR count). The van der Waals surface area contributed by atoms with Gasteiger partial charge >= 0.3 is 0 Å². The van der Waals surface area contributed by atoms with Crippen LogP contribution in [0.4, 0.5) is 5.69 Å². The number of halogens is 1. The summed E-state index contributed by atoms with van der Waals surface area (Å²) >= 11 is 6.30. The van der Waals surface area contributed by atoms with Crippen molar-refractivity contribution in [3.05, 3.63) is 28.8 Å². The van der Waals surface area contributed by atoms with Crippen LogP contribution in [0.25, 0.3) is 0 Å². The van der Waals surface area contributed by atoms with E-state index in [2.05, 4.69) is 10.2 Å². The van der Waals surface area contributed by atoms with Gasteiger partial charge in [-0.2, -0.15) is 0 Å². The molecule has 1 atom stereocenters. The van der Waals surface area contributed by atoms with E-state index in [-0.39, 0.29) is 11.3 Å². The Kier molecular flexibility index (Phi) is 4.02. The second-order valence-corrected chi connectivity index (χ2v) is 5.67. The van der Waals surface area contributed by atoms with Crippen molar-refractivity contribution < 1.29 is 4.79 Å². The maximum atomic E-state index is 12.0. The number of carbonyl (C=O) groups excluding carboxylic acids is 1. The van der Waals surface area contributed by atoms with Gasteiger partial charge in [-0.05, 0) is 25.0 Å². The van der Waals surface area contributed by atoms with E-state index in [0.29, 0.717) is 18.1 Å². The highest BCUT2D eigenvalue weighted by Gasteiger charge is 2.40. The van der Waals surface area contributed by atoms with Gasteiger partial charge in [0.05, 0.1) is 16.1 Å². The van der Waals surface area contributed by atoms with Gasteiger partial charge in [-0.25, -0.2) is 0 Å². The first-order valence-corrected chi connectivity index (χ1v) is 6.84. The third-order valence-corrected chi connectivity index (χ3v) is 4.16. The highest BCUT2D eigenvalue weighted by atomic mass is 35.5. The van der Waals surface area contributed by atoms with Crippen molar-refractivity contribution in [3.8, 4) is 0 Å². The maximum absolute atomic E-state index is 12.0. The Labute approximate surface area is 118 Å². The molecule has 1 aromatic carbocycles. The lowest BCUT2D eigenvalue weighted by atomic mass is 9.89. The number of para-hydroxylation sites is 1. The smallest absolute Gasteiger partial charge is 0.227 e. The summed E-state index contributed by atoms with van der Waals surface area (Å²) in [7, 11) is 1.68. The first-order valence-electron chi connectivity index (χ1n) is 6.46. The van der Waals surface area contributed by atoms with E-state index in [0.717, 1.165) is 24.2 Å². The van der Waals surface area contributed by atoms with Gasteiger partial charge < -0.3 is 16.0 Å². The van der Waals surface area contributed by atoms with E-state index in [1.807, 2.05) is 25.1 Å². The van der Waals surface area contributed by atoms with Crippen molar-refractivity contribution in [2.75, 3.05) is 25.0 Å². The zero-order valence-electron chi connectivity index (χ0n) is 11.4. The molecule has 1 unspecified atom stereocenters. The van der Waals surface area contributed by atoms with E-state index in [4.69, 9.17) is 17.3 Å². The van der Waals surface area contributed by atoms with E-state index in [1.165, 1.54) is 0 Å². The van der Waals surface area contributed by atoms with Crippen LogP contribution in [0.15, 0.2) is 18.2 Å². The molecular weight excluding hydrogens is 262 g/mol. The van der Waals surface area contributed by atoms with Gasteiger partial charge in [-0.15, -0.1) is 0 Å². The van der Waals surface area contributed by atoms with Crippen molar-refractivity contribution in [2.45, 2.75) is 19.9 Å². The van der Waals surface area contributed by atoms with E-state index < -0.39 is 0 Å². The first kappa shape index (κ1) is 14.2. The maximum Gasteiger partial charge on any atom is 0.227 e. The largest absolute Gasteiger partial charge is 0.369 e. The second kappa shape index (κ2) is 5.39. The molecule has 1 saturated heterocycles. The summed E-state index contributed by atoms with van der Waals surface area (Å²) in [5.41, 5.74) is 7.41. The Bertz CT molecular complexity index is 492. The average molecular weight is 282 g/mol. The van der Waals surface area contributed by atoms with Gasteiger partial charge in [-0.3, -0.25) is 4.79 Å². The Morgan fingerprint density at radius 1 is 1.58 bits per heavy atom. The molecule has 0 bridgehead atoms. The quantitative estimate of drug-likeness (QED) is 0.888. The van der Waals surface area contributed by atoms with E-state index in [9.17, 15) is 4.79 Å². The number of benzene rings is 1. The number of nitrogens with zero attached hydrogens (tertiary/aromatic N) is 1. The molecule has 0 saturated carbocycles. The van der Waals surface area contributed by atoms with Gasteiger partial charge in [0, 0.05) is 26.7 Å². The van der Waals surface area contributed by atoms with Gasteiger partial charge in [0.1, 0.15) is 0 Å². The summed E-state index contributed by atoms with van der Waals surface area (Å²) in [5, 5.41) is 3.44. The van der Waals surface area contributed by atoms with E-state index in [1.54, 1.807) is 7.05 Å². The summed E-state index contributed by atoms with van der Waals surface area (Å²) in [4.78, 5) is 14.1. The average Bonchev–Trinajstić information content (AvgIpc) is 2.80. The minimum Gasteiger partial charge on any atom is -0.369 e. The lowest BCUT2D eigenvalue weighted by Crippen LogP contribution is -2.39. The number of rotatable bonds is 3. The molecule has 0 spiro atoms. The molecule has 5 heteroatoms. The van der Waals surface area contributed by atoms with Crippen molar-refractivity contribution >= 4 is 23.2 Å². The fourth-order valence-electron chi connectivity index (χ4n) is 2.72. The molecule has 0 radical (unpaired) electrons. The summed E-state index contributed by atoms with van der Waals surface area (Å²) < 4.78 is 0. The van der Waals surface area contributed by atoms with Crippen LogP contribution in [-0.2, 0) is 11.3 Å². The topological polar surface area (TPSA) is 58.4 Å². The third-order valence-electron chi connectivity index (χ3n) is 3.86. The van der Waals surface area contributed by atoms with Crippen molar-refractivity contribution in [1.82, 2.24) is 5.32 Å². The predicted molar refractivity (Wildman–Crippen MR) is 78.3 cm³/mol. The number of nitrogens with two attached hydrogens (primary N) is 1. The first-order chi connectivity index (χ1) is 9.01.